The topological polar surface area (TPSA) is 60.4 Å². The molecule has 0 unspecified atom stereocenters. The van der Waals surface area contributed by atoms with Gasteiger partial charge in [-0.25, -0.2) is 0 Å². The molecule has 0 atom stereocenters. The lowest BCUT2D eigenvalue weighted by atomic mass is 10.0. The second kappa shape index (κ2) is 6.33. The van der Waals surface area contributed by atoms with Gasteiger partial charge in [-0.2, -0.15) is 13.2 Å². The van der Waals surface area contributed by atoms with Crippen molar-refractivity contribution in [1.29, 1.82) is 0 Å². The van der Waals surface area contributed by atoms with Crippen LogP contribution in [0.15, 0.2) is 48.5 Å². The van der Waals surface area contributed by atoms with Crippen LogP contribution in [0.3, 0.4) is 0 Å². The summed E-state index contributed by atoms with van der Waals surface area (Å²) in [5.74, 6) is -0.000882. The second-order valence-corrected chi connectivity index (χ2v) is 5.83. The number of nitrogens with zero attached hydrogens (tertiary/aromatic N) is 1. The number of aromatic nitrogens is 1. The van der Waals surface area contributed by atoms with E-state index < -0.39 is 11.7 Å². The molecule has 0 aliphatic rings. The zero-order valence-corrected chi connectivity index (χ0v) is 14.1. The number of nitrogens with two attached hydrogens (primary N) is 1. The number of ether oxygens (including phenoxy) is 1. The summed E-state index contributed by atoms with van der Waals surface area (Å²) >= 11 is 0. The van der Waals surface area contributed by atoms with Crippen LogP contribution in [0.2, 0.25) is 0 Å². The fraction of sp³-hybridized carbons (Fsp3) is 0.158. The van der Waals surface area contributed by atoms with Gasteiger partial charge in [-0.1, -0.05) is 30.3 Å². The van der Waals surface area contributed by atoms with Gasteiger partial charge in [0.1, 0.15) is 11.6 Å². The van der Waals surface area contributed by atoms with Gasteiger partial charge in [-0.05, 0) is 23.8 Å². The number of hydrogen-bond acceptors (Lipinski definition) is 3. The second-order valence-electron chi connectivity index (χ2n) is 5.83. The number of alkyl halides is 3. The quantitative estimate of drug-likeness (QED) is 0.712. The predicted octanol–water partition coefficient (Wildman–Crippen LogP) is 4.67. The maximum absolute atomic E-state index is 13.2. The number of anilines is 1. The minimum Gasteiger partial charge on any atom is -0.505 e. The molecule has 3 aromatic rings. The van der Waals surface area contributed by atoms with Gasteiger partial charge in [-0.15, -0.1) is 0 Å². The largest absolute Gasteiger partial charge is 0.505 e. The Hall–Kier alpha value is -3.09. The lowest BCUT2D eigenvalue weighted by Gasteiger charge is -2.12. The van der Waals surface area contributed by atoms with Crippen molar-refractivity contribution < 1.29 is 23.0 Å². The molecule has 4 nitrogen and oxygen atoms in total. The minimum atomic E-state index is -4.55. The van der Waals surface area contributed by atoms with Gasteiger partial charge >= 0.3 is 6.18 Å². The number of hydrogen-bond donors (Lipinski definition) is 2. The van der Waals surface area contributed by atoms with Crippen LogP contribution in [-0.2, 0) is 13.2 Å². The van der Waals surface area contributed by atoms with Crippen molar-refractivity contribution in [2.45, 2.75) is 6.18 Å². The summed E-state index contributed by atoms with van der Waals surface area (Å²) < 4.78 is 46.1. The summed E-state index contributed by atoms with van der Waals surface area (Å²) in [6.45, 7) is 0. The highest BCUT2D eigenvalue weighted by molar-refractivity contribution is 5.90. The van der Waals surface area contributed by atoms with Crippen LogP contribution in [0, 0.1) is 0 Å². The van der Waals surface area contributed by atoms with Crippen molar-refractivity contribution in [3.8, 4) is 33.9 Å². The Labute approximate surface area is 148 Å². The smallest absolute Gasteiger partial charge is 0.416 e. The molecule has 3 rings (SSSR count). The number of rotatable bonds is 3. The van der Waals surface area contributed by atoms with E-state index in [1.807, 2.05) is 6.07 Å². The first kappa shape index (κ1) is 17.7. The van der Waals surface area contributed by atoms with Crippen molar-refractivity contribution in [3.05, 3.63) is 54.1 Å². The van der Waals surface area contributed by atoms with E-state index in [1.165, 1.54) is 13.2 Å². The van der Waals surface area contributed by atoms with Crippen LogP contribution in [0.4, 0.5) is 19.0 Å². The number of methoxy groups -OCH3 is 1. The van der Waals surface area contributed by atoms with Crippen LogP contribution in [0.1, 0.15) is 5.56 Å². The van der Waals surface area contributed by atoms with E-state index in [1.54, 1.807) is 35.9 Å². The van der Waals surface area contributed by atoms with Crippen LogP contribution >= 0.6 is 0 Å². The van der Waals surface area contributed by atoms with Gasteiger partial charge in [0.15, 0.2) is 5.75 Å². The van der Waals surface area contributed by atoms with Gasteiger partial charge in [-0.3, -0.25) is 0 Å². The van der Waals surface area contributed by atoms with Gasteiger partial charge in [0.2, 0.25) is 0 Å². The molecule has 2 aromatic carbocycles. The lowest BCUT2D eigenvalue weighted by molar-refractivity contribution is -0.137. The van der Waals surface area contributed by atoms with Crippen LogP contribution in [-0.4, -0.2) is 16.8 Å². The minimum absolute atomic E-state index is 0.0266. The van der Waals surface area contributed by atoms with E-state index >= 15 is 0 Å². The first-order chi connectivity index (χ1) is 12.2. The van der Waals surface area contributed by atoms with E-state index in [-0.39, 0.29) is 28.4 Å². The molecule has 0 saturated carbocycles. The van der Waals surface area contributed by atoms with Crippen LogP contribution in [0.5, 0.6) is 11.5 Å². The molecule has 136 valence electrons. The Kier molecular flexibility index (Phi) is 4.31. The monoisotopic (exact) mass is 362 g/mol. The van der Waals surface area contributed by atoms with E-state index in [0.29, 0.717) is 11.3 Å². The average molecular weight is 362 g/mol. The molecule has 0 amide bonds. The molecule has 3 N–H and O–H groups in total. The molecule has 0 saturated heterocycles. The zero-order chi connectivity index (χ0) is 19.1. The number of nitrogen functional groups attached to an aromatic ring is 1. The SMILES string of the molecule is COc1cc(-c2c(O)c(-c3ccccc3)n(C)c2N)cc(C(F)(F)F)c1. The third kappa shape index (κ3) is 2.96. The van der Waals surface area contributed by atoms with Crippen molar-refractivity contribution in [2.24, 2.45) is 7.05 Å². The zero-order valence-electron chi connectivity index (χ0n) is 14.1. The molecule has 0 aliphatic heterocycles. The van der Waals surface area contributed by atoms with E-state index in [2.05, 4.69) is 0 Å². The summed E-state index contributed by atoms with van der Waals surface area (Å²) in [6.07, 6.45) is -4.55. The number of halogens is 3. The molecule has 0 aliphatic carbocycles. The standard InChI is InChI=1S/C19H17F3N2O2/c1-24-16(11-6-4-3-5-7-11)17(25)15(18(24)23)12-8-13(19(20,21)22)10-14(9-12)26-2/h3-10,25H,23H2,1-2H3. The maximum atomic E-state index is 13.2. The summed E-state index contributed by atoms with van der Waals surface area (Å²) in [6, 6.07) is 12.2. The summed E-state index contributed by atoms with van der Waals surface area (Å²) in [5, 5.41) is 10.7. The molecular formula is C19H17F3N2O2. The predicted molar refractivity (Wildman–Crippen MR) is 93.9 cm³/mol. The maximum Gasteiger partial charge on any atom is 0.416 e. The van der Waals surface area contributed by atoms with Gasteiger partial charge < -0.3 is 20.1 Å². The molecule has 26 heavy (non-hydrogen) atoms. The van der Waals surface area contributed by atoms with E-state index in [9.17, 15) is 18.3 Å². The first-order valence-corrected chi connectivity index (χ1v) is 7.73. The summed E-state index contributed by atoms with van der Waals surface area (Å²) in [7, 11) is 2.93. The lowest BCUT2D eigenvalue weighted by Crippen LogP contribution is -2.05. The Morgan fingerprint density at radius 2 is 1.69 bits per heavy atom. The fourth-order valence-electron chi connectivity index (χ4n) is 2.92. The van der Waals surface area contributed by atoms with Crippen molar-refractivity contribution in [2.75, 3.05) is 12.8 Å². The molecule has 0 spiro atoms. The Morgan fingerprint density at radius 3 is 2.27 bits per heavy atom. The Morgan fingerprint density at radius 1 is 1.04 bits per heavy atom. The van der Waals surface area contributed by atoms with E-state index in [0.717, 1.165) is 12.1 Å². The molecular weight excluding hydrogens is 345 g/mol. The van der Waals surface area contributed by atoms with Gasteiger partial charge in [0.05, 0.1) is 23.9 Å². The fourth-order valence-corrected chi connectivity index (χ4v) is 2.92. The van der Waals surface area contributed by atoms with Crippen LogP contribution in [0.25, 0.3) is 22.4 Å². The van der Waals surface area contributed by atoms with Gasteiger partial charge in [0, 0.05) is 12.6 Å². The van der Waals surface area contributed by atoms with Crippen molar-refractivity contribution in [1.82, 2.24) is 4.57 Å². The summed E-state index contributed by atoms with van der Waals surface area (Å²) in [5.41, 5.74) is 6.61. The molecule has 7 heteroatoms. The highest BCUT2D eigenvalue weighted by Gasteiger charge is 2.32. The highest BCUT2D eigenvalue weighted by atomic mass is 19.4. The molecule has 0 radical (unpaired) electrons. The normalized spacial score (nSPS) is 11.6. The molecule has 1 heterocycles. The molecule has 1 aromatic heterocycles. The Bertz CT molecular complexity index is 948. The average Bonchev–Trinajstić information content (AvgIpc) is 2.83. The summed E-state index contributed by atoms with van der Waals surface area (Å²) in [4.78, 5) is 0. The number of aromatic hydroxyl groups is 1. The molecule has 0 bridgehead atoms. The highest BCUT2D eigenvalue weighted by Crippen LogP contribution is 2.46. The van der Waals surface area contributed by atoms with E-state index in [4.69, 9.17) is 10.5 Å². The third-order valence-corrected chi connectivity index (χ3v) is 4.22. The third-order valence-electron chi connectivity index (χ3n) is 4.22. The number of benzene rings is 2. The molecule has 0 fully saturated rings. The van der Waals surface area contributed by atoms with Crippen molar-refractivity contribution >= 4 is 5.82 Å². The first-order valence-electron chi connectivity index (χ1n) is 7.73. The van der Waals surface area contributed by atoms with Crippen LogP contribution < -0.4 is 10.5 Å². The Balaban J connectivity index is 2.26. The van der Waals surface area contributed by atoms with Crippen molar-refractivity contribution in [3.63, 3.8) is 0 Å². The van der Waals surface area contributed by atoms with Gasteiger partial charge in [0.25, 0.3) is 0 Å².